The number of rotatable bonds is 2. The molecule has 2 aliphatic rings. The summed E-state index contributed by atoms with van der Waals surface area (Å²) >= 11 is 0. The highest BCUT2D eigenvalue weighted by molar-refractivity contribution is 6.07. The summed E-state index contributed by atoms with van der Waals surface area (Å²) in [5, 5.41) is 4.16. The molecule has 4 heteroatoms. The van der Waals surface area contributed by atoms with Crippen molar-refractivity contribution in [2.24, 2.45) is 0 Å². The smallest absolute Gasteiger partial charge is 0.255 e. The molecule has 2 saturated heterocycles. The lowest BCUT2D eigenvalue weighted by atomic mass is 9.97. The molecular weight excluding hydrogens is 276 g/mol. The van der Waals surface area contributed by atoms with Gasteiger partial charge in [-0.05, 0) is 45.7 Å². The fourth-order valence-electron chi connectivity index (χ4n) is 4.24. The average Bonchev–Trinajstić information content (AvgIpc) is 2.90. The molecule has 22 heavy (non-hydrogen) atoms. The molecule has 3 heterocycles. The van der Waals surface area contributed by atoms with Crippen LogP contribution in [0.3, 0.4) is 0 Å². The Morgan fingerprint density at radius 1 is 1.23 bits per heavy atom. The lowest BCUT2D eigenvalue weighted by Gasteiger charge is -2.36. The standard InChI is InChI=1S/C18H22N2O2/c1-11-17(15-5-3-4-6-16(15)22-11)18(21)19-12-9-13-7-8-14(10-12)20(13)2/h3-6,12-14H,7-10H2,1-2H3,(H,19,21). The van der Waals surface area contributed by atoms with Crippen LogP contribution in [0.4, 0.5) is 0 Å². The predicted octanol–water partition coefficient (Wildman–Crippen LogP) is 3.10. The van der Waals surface area contributed by atoms with Crippen LogP contribution in [0.1, 0.15) is 41.8 Å². The van der Waals surface area contributed by atoms with Crippen molar-refractivity contribution in [3.8, 4) is 0 Å². The Balaban J connectivity index is 1.56. The minimum atomic E-state index is 0.0106. The molecular formula is C18H22N2O2. The molecule has 2 bridgehead atoms. The van der Waals surface area contributed by atoms with Crippen molar-refractivity contribution >= 4 is 16.9 Å². The van der Waals surface area contributed by atoms with E-state index in [0.29, 0.717) is 23.4 Å². The minimum absolute atomic E-state index is 0.0106. The molecule has 2 fully saturated rings. The van der Waals surface area contributed by atoms with Crippen LogP contribution in [-0.2, 0) is 0 Å². The highest BCUT2D eigenvalue weighted by atomic mass is 16.3. The summed E-state index contributed by atoms with van der Waals surface area (Å²) in [4.78, 5) is 15.2. The van der Waals surface area contributed by atoms with E-state index in [0.717, 1.165) is 23.8 Å². The normalized spacial score (nSPS) is 28.2. The van der Waals surface area contributed by atoms with Crippen LogP contribution in [0.2, 0.25) is 0 Å². The lowest BCUT2D eigenvalue weighted by molar-refractivity contribution is 0.0882. The molecule has 4 nitrogen and oxygen atoms in total. The van der Waals surface area contributed by atoms with Gasteiger partial charge in [0.05, 0.1) is 5.56 Å². The first-order chi connectivity index (χ1) is 10.6. The maximum atomic E-state index is 12.7. The van der Waals surface area contributed by atoms with Crippen LogP contribution in [0.15, 0.2) is 28.7 Å². The van der Waals surface area contributed by atoms with Crippen LogP contribution in [-0.4, -0.2) is 36.0 Å². The number of nitrogens with zero attached hydrogens (tertiary/aromatic N) is 1. The number of fused-ring (bicyclic) bond motifs is 3. The van der Waals surface area contributed by atoms with Crippen LogP contribution in [0.25, 0.3) is 11.0 Å². The van der Waals surface area contributed by atoms with E-state index in [1.165, 1.54) is 12.8 Å². The molecule has 1 aromatic heterocycles. The van der Waals surface area contributed by atoms with Gasteiger partial charge in [0.25, 0.3) is 5.91 Å². The summed E-state index contributed by atoms with van der Waals surface area (Å²) in [6.07, 6.45) is 4.66. The third-order valence-corrected chi connectivity index (χ3v) is 5.43. The Bertz CT molecular complexity index is 707. The van der Waals surface area contributed by atoms with Crippen molar-refractivity contribution < 1.29 is 9.21 Å². The van der Waals surface area contributed by atoms with Crippen LogP contribution in [0, 0.1) is 6.92 Å². The maximum Gasteiger partial charge on any atom is 0.255 e. The molecule has 1 aromatic carbocycles. The van der Waals surface area contributed by atoms with Crippen molar-refractivity contribution in [2.75, 3.05) is 7.05 Å². The second-order valence-corrected chi connectivity index (χ2v) is 6.72. The molecule has 0 aliphatic carbocycles. The highest BCUT2D eigenvalue weighted by Crippen LogP contribution is 2.34. The summed E-state index contributed by atoms with van der Waals surface area (Å²) < 4.78 is 5.71. The summed E-state index contributed by atoms with van der Waals surface area (Å²) in [6.45, 7) is 1.87. The molecule has 2 unspecified atom stereocenters. The number of carbonyl (C=O) groups excluding carboxylic acids is 1. The predicted molar refractivity (Wildman–Crippen MR) is 86.0 cm³/mol. The maximum absolute atomic E-state index is 12.7. The van der Waals surface area contributed by atoms with Gasteiger partial charge in [0.15, 0.2) is 0 Å². The first kappa shape index (κ1) is 13.8. The Kier molecular flexibility index (Phi) is 3.22. The second-order valence-electron chi connectivity index (χ2n) is 6.72. The van der Waals surface area contributed by atoms with Crippen molar-refractivity contribution in [3.63, 3.8) is 0 Å². The van der Waals surface area contributed by atoms with Gasteiger partial charge in [0, 0.05) is 23.5 Å². The topological polar surface area (TPSA) is 45.5 Å². The van der Waals surface area contributed by atoms with Gasteiger partial charge in [0.1, 0.15) is 11.3 Å². The molecule has 1 amide bonds. The lowest BCUT2D eigenvalue weighted by Crippen LogP contribution is -2.48. The number of amides is 1. The average molecular weight is 298 g/mol. The van der Waals surface area contributed by atoms with Gasteiger partial charge in [0.2, 0.25) is 0 Å². The zero-order valence-corrected chi connectivity index (χ0v) is 13.1. The number of piperidine rings is 1. The largest absolute Gasteiger partial charge is 0.461 e. The number of nitrogens with one attached hydrogen (secondary N) is 1. The SMILES string of the molecule is Cc1oc2ccccc2c1C(=O)NC1CC2CCC(C1)N2C. The number of furan rings is 1. The van der Waals surface area contributed by atoms with E-state index in [2.05, 4.69) is 17.3 Å². The first-order valence-electron chi connectivity index (χ1n) is 8.14. The van der Waals surface area contributed by atoms with Gasteiger partial charge in [-0.2, -0.15) is 0 Å². The van der Waals surface area contributed by atoms with Crippen LogP contribution in [0.5, 0.6) is 0 Å². The Hall–Kier alpha value is -1.81. The molecule has 1 N–H and O–H groups in total. The number of hydrogen-bond donors (Lipinski definition) is 1. The highest BCUT2D eigenvalue weighted by Gasteiger charge is 2.39. The number of aryl methyl sites for hydroxylation is 1. The zero-order valence-electron chi connectivity index (χ0n) is 13.1. The Morgan fingerprint density at radius 2 is 1.91 bits per heavy atom. The molecule has 4 rings (SSSR count). The van der Waals surface area contributed by atoms with Crippen molar-refractivity contribution in [3.05, 3.63) is 35.6 Å². The van der Waals surface area contributed by atoms with Gasteiger partial charge in [-0.25, -0.2) is 0 Å². The number of hydrogen-bond acceptors (Lipinski definition) is 3. The monoisotopic (exact) mass is 298 g/mol. The van der Waals surface area contributed by atoms with Gasteiger partial charge >= 0.3 is 0 Å². The van der Waals surface area contributed by atoms with Crippen LogP contribution >= 0.6 is 0 Å². The summed E-state index contributed by atoms with van der Waals surface area (Å²) in [6, 6.07) is 9.30. The summed E-state index contributed by atoms with van der Waals surface area (Å²) in [7, 11) is 2.22. The fraction of sp³-hybridized carbons (Fsp3) is 0.500. The molecule has 0 saturated carbocycles. The first-order valence-corrected chi connectivity index (χ1v) is 8.14. The van der Waals surface area contributed by atoms with Crippen molar-refractivity contribution in [1.82, 2.24) is 10.2 Å². The van der Waals surface area contributed by atoms with Gasteiger partial charge in [-0.1, -0.05) is 18.2 Å². The third-order valence-electron chi connectivity index (χ3n) is 5.43. The Labute approximate surface area is 130 Å². The van der Waals surface area contributed by atoms with E-state index >= 15 is 0 Å². The molecule has 2 atom stereocenters. The second kappa shape index (κ2) is 5.13. The summed E-state index contributed by atoms with van der Waals surface area (Å²) in [5.74, 6) is 0.714. The molecule has 2 aliphatic heterocycles. The van der Waals surface area contributed by atoms with Gasteiger partial charge < -0.3 is 14.6 Å². The number of carbonyl (C=O) groups is 1. The van der Waals surface area contributed by atoms with E-state index < -0.39 is 0 Å². The summed E-state index contributed by atoms with van der Waals surface area (Å²) in [5.41, 5.74) is 1.48. The third kappa shape index (κ3) is 2.13. The van der Waals surface area contributed by atoms with Crippen molar-refractivity contribution in [2.45, 2.75) is 50.7 Å². The van der Waals surface area contributed by atoms with Crippen molar-refractivity contribution in [1.29, 1.82) is 0 Å². The quantitative estimate of drug-likeness (QED) is 0.926. The van der Waals surface area contributed by atoms with E-state index in [-0.39, 0.29) is 11.9 Å². The molecule has 0 spiro atoms. The zero-order chi connectivity index (χ0) is 15.3. The Morgan fingerprint density at radius 3 is 2.64 bits per heavy atom. The van der Waals surface area contributed by atoms with Crippen LogP contribution < -0.4 is 5.32 Å². The van der Waals surface area contributed by atoms with Gasteiger partial charge in [-0.15, -0.1) is 0 Å². The fourth-order valence-corrected chi connectivity index (χ4v) is 4.24. The number of benzene rings is 1. The van der Waals surface area contributed by atoms with E-state index in [4.69, 9.17) is 4.42 Å². The molecule has 0 radical (unpaired) electrons. The molecule has 2 aromatic rings. The van der Waals surface area contributed by atoms with E-state index in [1.807, 2.05) is 31.2 Å². The molecule has 116 valence electrons. The van der Waals surface area contributed by atoms with E-state index in [9.17, 15) is 4.79 Å². The van der Waals surface area contributed by atoms with E-state index in [1.54, 1.807) is 0 Å². The minimum Gasteiger partial charge on any atom is -0.461 e. The number of para-hydroxylation sites is 1. The van der Waals surface area contributed by atoms with Gasteiger partial charge in [-0.3, -0.25) is 4.79 Å².